The van der Waals surface area contributed by atoms with E-state index in [1.807, 2.05) is 11.0 Å². The second kappa shape index (κ2) is 8.11. The highest BCUT2D eigenvalue weighted by Gasteiger charge is 2.30. The van der Waals surface area contributed by atoms with Gasteiger partial charge in [0.2, 0.25) is 0 Å². The maximum atomic E-state index is 13.1. The van der Waals surface area contributed by atoms with Crippen LogP contribution in [0.25, 0.3) is 10.9 Å². The topological polar surface area (TPSA) is 40.5 Å². The molecule has 2 unspecified atom stereocenters. The second-order valence-corrected chi connectivity index (χ2v) is 9.26. The van der Waals surface area contributed by atoms with E-state index in [1.165, 1.54) is 43.0 Å². The van der Waals surface area contributed by atoms with Gasteiger partial charge in [0.25, 0.3) is 5.91 Å². The Bertz CT molecular complexity index is 857. The Kier molecular flexibility index (Phi) is 5.35. The number of piperidine rings is 1. The van der Waals surface area contributed by atoms with E-state index in [0.29, 0.717) is 12.0 Å². The van der Waals surface area contributed by atoms with Crippen molar-refractivity contribution >= 4 is 16.8 Å². The van der Waals surface area contributed by atoms with Gasteiger partial charge in [-0.05, 0) is 75.9 Å². The molecule has 1 amide bonds. The van der Waals surface area contributed by atoms with Crippen LogP contribution in [0.1, 0.15) is 55.4 Å². The fraction of sp³-hybridized carbons (Fsp3) is 0.625. The molecule has 2 atom stereocenters. The van der Waals surface area contributed by atoms with Crippen molar-refractivity contribution in [2.45, 2.75) is 51.1 Å². The summed E-state index contributed by atoms with van der Waals surface area (Å²) in [7, 11) is 0. The molecule has 1 saturated carbocycles. The number of aromatic nitrogens is 1. The van der Waals surface area contributed by atoms with Crippen molar-refractivity contribution in [3.8, 4) is 0 Å². The molecule has 5 heteroatoms. The summed E-state index contributed by atoms with van der Waals surface area (Å²) in [6.07, 6.45) is 8.82. The Labute approximate surface area is 174 Å². The van der Waals surface area contributed by atoms with Gasteiger partial charge in [-0.2, -0.15) is 0 Å². The van der Waals surface area contributed by atoms with E-state index in [9.17, 15) is 4.79 Å². The van der Waals surface area contributed by atoms with Crippen LogP contribution in [0.4, 0.5) is 0 Å². The maximum absolute atomic E-state index is 13.1. The first-order chi connectivity index (χ1) is 14.2. The highest BCUT2D eigenvalue weighted by molar-refractivity contribution is 5.98. The molecule has 2 saturated heterocycles. The van der Waals surface area contributed by atoms with Gasteiger partial charge in [-0.15, -0.1) is 0 Å². The number of carbonyl (C=O) groups excluding carboxylic acids is 1. The van der Waals surface area contributed by atoms with E-state index < -0.39 is 0 Å². The van der Waals surface area contributed by atoms with Gasteiger partial charge in [0, 0.05) is 60.9 Å². The lowest BCUT2D eigenvalue weighted by molar-refractivity contribution is 0.0455. The molecule has 29 heavy (non-hydrogen) atoms. The van der Waals surface area contributed by atoms with E-state index in [4.69, 9.17) is 0 Å². The van der Waals surface area contributed by atoms with E-state index >= 15 is 0 Å². The molecular formula is C24H34N4O. The Morgan fingerprint density at radius 1 is 1.07 bits per heavy atom. The molecule has 1 aromatic heterocycles. The summed E-state index contributed by atoms with van der Waals surface area (Å²) in [6.45, 7) is 8.36. The zero-order chi connectivity index (χ0) is 19.8. The highest BCUT2D eigenvalue weighted by atomic mass is 16.2. The SMILES string of the molecule is CC(C1CCCNC1)n1ccc2cc(C(=O)N3CCN(C4CCC4)CC3)ccc21. The minimum absolute atomic E-state index is 0.192. The third-order valence-electron chi connectivity index (χ3n) is 7.62. The molecule has 5 rings (SSSR count). The van der Waals surface area contributed by atoms with Crippen molar-refractivity contribution in [3.63, 3.8) is 0 Å². The van der Waals surface area contributed by atoms with Crippen LogP contribution in [-0.2, 0) is 0 Å². The molecule has 156 valence electrons. The number of hydrogen-bond acceptors (Lipinski definition) is 3. The summed E-state index contributed by atoms with van der Waals surface area (Å²) >= 11 is 0. The van der Waals surface area contributed by atoms with Crippen molar-refractivity contribution in [1.29, 1.82) is 0 Å². The zero-order valence-corrected chi connectivity index (χ0v) is 17.6. The molecule has 1 aromatic carbocycles. The van der Waals surface area contributed by atoms with Crippen molar-refractivity contribution in [1.82, 2.24) is 19.7 Å². The number of fused-ring (bicyclic) bond motifs is 1. The van der Waals surface area contributed by atoms with Crippen molar-refractivity contribution in [3.05, 3.63) is 36.0 Å². The lowest BCUT2D eigenvalue weighted by Crippen LogP contribution is -2.53. The van der Waals surface area contributed by atoms with E-state index in [0.717, 1.165) is 50.9 Å². The van der Waals surface area contributed by atoms with Gasteiger partial charge in [-0.25, -0.2) is 0 Å². The Balaban J connectivity index is 1.28. The summed E-state index contributed by atoms with van der Waals surface area (Å²) < 4.78 is 2.40. The predicted molar refractivity (Wildman–Crippen MR) is 117 cm³/mol. The van der Waals surface area contributed by atoms with E-state index in [1.54, 1.807) is 0 Å². The number of nitrogens with one attached hydrogen (secondary N) is 1. The minimum Gasteiger partial charge on any atom is -0.344 e. The van der Waals surface area contributed by atoms with Gasteiger partial charge in [-0.3, -0.25) is 9.69 Å². The fourth-order valence-corrected chi connectivity index (χ4v) is 5.39. The van der Waals surface area contributed by atoms with Crippen LogP contribution in [-0.4, -0.2) is 65.6 Å². The van der Waals surface area contributed by atoms with Gasteiger partial charge >= 0.3 is 0 Å². The van der Waals surface area contributed by atoms with Crippen LogP contribution in [0.5, 0.6) is 0 Å². The number of piperazine rings is 1. The van der Waals surface area contributed by atoms with E-state index in [2.05, 4.69) is 46.1 Å². The molecule has 3 aliphatic rings. The zero-order valence-electron chi connectivity index (χ0n) is 17.6. The summed E-state index contributed by atoms with van der Waals surface area (Å²) in [5, 5.41) is 4.72. The second-order valence-electron chi connectivity index (χ2n) is 9.26. The van der Waals surface area contributed by atoms with Crippen LogP contribution in [0.3, 0.4) is 0 Å². The summed E-state index contributed by atoms with van der Waals surface area (Å²) in [5.74, 6) is 0.866. The van der Waals surface area contributed by atoms with Crippen molar-refractivity contribution in [2.75, 3.05) is 39.3 Å². The smallest absolute Gasteiger partial charge is 0.253 e. The Hall–Kier alpha value is -1.85. The first-order valence-electron chi connectivity index (χ1n) is 11.6. The van der Waals surface area contributed by atoms with Crippen LogP contribution in [0.2, 0.25) is 0 Å². The number of amides is 1. The Morgan fingerprint density at radius 2 is 1.90 bits per heavy atom. The van der Waals surface area contributed by atoms with Crippen molar-refractivity contribution in [2.24, 2.45) is 5.92 Å². The monoisotopic (exact) mass is 394 g/mol. The average Bonchev–Trinajstić information content (AvgIpc) is 3.16. The number of carbonyl (C=O) groups is 1. The third-order valence-corrected chi connectivity index (χ3v) is 7.62. The normalized spacial score (nSPS) is 25.1. The minimum atomic E-state index is 0.192. The standard InChI is InChI=1S/C24H34N4O/c1-18(21-4-3-10-25-17-21)28-11-9-19-16-20(7-8-23(19)28)24(29)27-14-12-26(13-15-27)22-5-2-6-22/h7-9,11,16,18,21-22,25H,2-6,10,12-15,17H2,1H3. The molecule has 1 aliphatic carbocycles. The summed E-state index contributed by atoms with van der Waals surface area (Å²) in [4.78, 5) is 17.7. The lowest BCUT2D eigenvalue weighted by Gasteiger charge is -2.42. The van der Waals surface area contributed by atoms with E-state index in [-0.39, 0.29) is 5.91 Å². The number of benzene rings is 1. The number of nitrogens with zero attached hydrogens (tertiary/aromatic N) is 3. The van der Waals surface area contributed by atoms with Crippen LogP contribution in [0.15, 0.2) is 30.5 Å². The third kappa shape index (κ3) is 3.71. The Morgan fingerprint density at radius 3 is 2.59 bits per heavy atom. The highest BCUT2D eigenvalue weighted by Crippen LogP contribution is 2.30. The predicted octanol–water partition coefficient (Wildman–Crippen LogP) is 3.51. The molecule has 2 aliphatic heterocycles. The molecule has 0 radical (unpaired) electrons. The molecular weight excluding hydrogens is 360 g/mol. The molecule has 3 heterocycles. The van der Waals surface area contributed by atoms with Gasteiger partial charge in [0.05, 0.1) is 0 Å². The maximum Gasteiger partial charge on any atom is 0.253 e. The van der Waals surface area contributed by atoms with Gasteiger partial charge in [0.1, 0.15) is 0 Å². The van der Waals surface area contributed by atoms with Crippen LogP contribution in [0, 0.1) is 5.92 Å². The lowest BCUT2D eigenvalue weighted by atomic mass is 9.91. The first kappa shape index (κ1) is 19.1. The van der Waals surface area contributed by atoms with Crippen LogP contribution >= 0.6 is 0 Å². The number of hydrogen-bond donors (Lipinski definition) is 1. The quantitative estimate of drug-likeness (QED) is 0.863. The molecule has 0 bridgehead atoms. The molecule has 3 fully saturated rings. The fourth-order valence-electron chi connectivity index (χ4n) is 5.39. The molecule has 1 N–H and O–H groups in total. The molecule has 2 aromatic rings. The first-order valence-corrected chi connectivity index (χ1v) is 11.6. The average molecular weight is 395 g/mol. The largest absolute Gasteiger partial charge is 0.344 e. The van der Waals surface area contributed by atoms with Gasteiger partial charge in [-0.1, -0.05) is 6.42 Å². The number of rotatable bonds is 4. The van der Waals surface area contributed by atoms with Crippen molar-refractivity contribution < 1.29 is 4.79 Å². The molecule has 5 nitrogen and oxygen atoms in total. The van der Waals surface area contributed by atoms with Crippen LogP contribution < -0.4 is 5.32 Å². The summed E-state index contributed by atoms with van der Waals surface area (Å²) in [6, 6.07) is 9.71. The van der Waals surface area contributed by atoms with Gasteiger partial charge < -0.3 is 14.8 Å². The summed E-state index contributed by atoms with van der Waals surface area (Å²) in [5.41, 5.74) is 2.08. The molecule has 0 spiro atoms. The van der Waals surface area contributed by atoms with Gasteiger partial charge in [0.15, 0.2) is 0 Å².